The molecule has 7 nitrogen and oxygen atoms in total. The predicted molar refractivity (Wildman–Crippen MR) is 99.8 cm³/mol. The van der Waals surface area contributed by atoms with E-state index in [9.17, 15) is 4.79 Å². The van der Waals surface area contributed by atoms with Gasteiger partial charge in [-0.1, -0.05) is 6.92 Å². The Morgan fingerprint density at radius 3 is 3.04 bits per heavy atom. The summed E-state index contributed by atoms with van der Waals surface area (Å²) in [5.41, 5.74) is 3.29. The monoisotopic (exact) mass is 374 g/mol. The van der Waals surface area contributed by atoms with Crippen LogP contribution in [-0.2, 0) is 16.0 Å². The molecule has 26 heavy (non-hydrogen) atoms. The summed E-state index contributed by atoms with van der Waals surface area (Å²) in [5, 5.41) is 6.84. The third-order valence-corrected chi connectivity index (χ3v) is 5.62. The smallest absolute Gasteiger partial charge is 0.246 e. The largest absolute Gasteiger partial charge is 0.460 e. The zero-order chi connectivity index (χ0) is 17.9. The number of ether oxygens (including phenoxy) is 1. The van der Waals surface area contributed by atoms with Gasteiger partial charge >= 0.3 is 0 Å². The van der Waals surface area contributed by atoms with Crippen LogP contribution in [-0.4, -0.2) is 43.4 Å². The van der Waals surface area contributed by atoms with Gasteiger partial charge in [0.15, 0.2) is 5.13 Å². The second kappa shape index (κ2) is 7.59. The van der Waals surface area contributed by atoms with Crippen molar-refractivity contribution in [3.63, 3.8) is 0 Å². The Hall–Kier alpha value is -2.19. The van der Waals surface area contributed by atoms with Gasteiger partial charge in [-0.15, -0.1) is 11.3 Å². The number of thiazole rings is 1. The molecule has 0 bridgehead atoms. The maximum absolute atomic E-state index is 12.0. The molecule has 1 aliphatic heterocycles. The number of carbonyl (C=O) groups is 1. The Bertz CT molecular complexity index is 794. The van der Waals surface area contributed by atoms with Crippen molar-refractivity contribution >= 4 is 28.6 Å². The number of morpholine rings is 1. The minimum Gasteiger partial charge on any atom is -0.460 e. The van der Waals surface area contributed by atoms with E-state index < -0.39 is 0 Å². The number of furan rings is 1. The number of rotatable bonds is 6. The van der Waals surface area contributed by atoms with Crippen molar-refractivity contribution in [3.05, 3.63) is 34.7 Å². The van der Waals surface area contributed by atoms with Crippen molar-refractivity contribution in [2.45, 2.75) is 25.7 Å². The average molecular weight is 374 g/mol. The number of carbonyl (C=O) groups excluding carboxylic acids is 1. The molecule has 138 valence electrons. The van der Waals surface area contributed by atoms with Gasteiger partial charge in [-0.25, -0.2) is 10.4 Å². The molecular weight excluding hydrogens is 352 g/mol. The predicted octanol–water partition coefficient (Wildman–Crippen LogP) is 2.39. The van der Waals surface area contributed by atoms with Crippen molar-refractivity contribution in [3.8, 4) is 0 Å². The summed E-state index contributed by atoms with van der Waals surface area (Å²) in [4.78, 5) is 18.7. The lowest BCUT2D eigenvalue weighted by Crippen LogP contribution is -2.36. The van der Waals surface area contributed by atoms with Crippen LogP contribution in [0.25, 0.3) is 0 Å². The van der Waals surface area contributed by atoms with Gasteiger partial charge in [0.25, 0.3) is 0 Å². The van der Waals surface area contributed by atoms with Crippen molar-refractivity contribution in [2.24, 2.45) is 11.0 Å². The zero-order valence-corrected chi connectivity index (χ0v) is 15.5. The molecular formula is C18H22N4O3S. The Morgan fingerprint density at radius 1 is 1.46 bits per heavy atom. The molecule has 1 saturated carbocycles. The molecule has 1 amide bonds. The minimum absolute atomic E-state index is 0.192. The number of hydrogen-bond donors (Lipinski definition) is 1. The highest BCUT2D eigenvalue weighted by Crippen LogP contribution is 2.47. The summed E-state index contributed by atoms with van der Waals surface area (Å²) in [7, 11) is 0. The number of hydrogen-bond acceptors (Lipinski definition) is 7. The summed E-state index contributed by atoms with van der Waals surface area (Å²) < 4.78 is 11.1. The number of amides is 1. The van der Waals surface area contributed by atoms with Gasteiger partial charge in [-0.2, -0.15) is 5.10 Å². The Kier molecular flexibility index (Phi) is 5.03. The SMILES string of the molecule is C[C@H]1C[C@@H]1c1ccc(/C=N\NC(=O)Cc2csc(N3CCOCC3)n2)o1. The molecule has 0 spiro atoms. The van der Waals surface area contributed by atoms with Crippen molar-refractivity contribution in [1.82, 2.24) is 10.4 Å². The summed E-state index contributed by atoms with van der Waals surface area (Å²) in [6.45, 7) is 5.34. The molecule has 0 unspecified atom stereocenters. The molecule has 2 atom stereocenters. The van der Waals surface area contributed by atoms with E-state index in [2.05, 4.69) is 27.3 Å². The first-order chi connectivity index (χ1) is 12.7. The first kappa shape index (κ1) is 17.2. The third kappa shape index (κ3) is 4.13. The Balaban J connectivity index is 1.26. The van der Waals surface area contributed by atoms with Gasteiger partial charge in [0.2, 0.25) is 5.91 Å². The van der Waals surface area contributed by atoms with Crippen molar-refractivity contribution in [2.75, 3.05) is 31.2 Å². The maximum atomic E-state index is 12.0. The molecule has 2 fully saturated rings. The molecule has 2 aliphatic rings. The van der Waals surface area contributed by atoms with E-state index in [0.29, 0.717) is 17.6 Å². The highest BCUT2D eigenvalue weighted by atomic mass is 32.1. The van der Waals surface area contributed by atoms with E-state index in [1.165, 1.54) is 12.6 Å². The van der Waals surface area contributed by atoms with Gasteiger partial charge < -0.3 is 14.1 Å². The van der Waals surface area contributed by atoms with Crippen LogP contribution in [0.15, 0.2) is 27.0 Å². The van der Waals surface area contributed by atoms with Crippen LogP contribution in [0.2, 0.25) is 0 Å². The van der Waals surface area contributed by atoms with Gasteiger partial charge in [0.05, 0.1) is 31.5 Å². The molecule has 8 heteroatoms. The normalized spacial score (nSPS) is 22.7. The zero-order valence-electron chi connectivity index (χ0n) is 14.7. The fraction of sp³-hybridized carbons (Fsp3) is 0.500. The summed E-state index contributed by atoms with van der Waals surface area (Å²) in [6, 6.07) is 3.87. The van der Waals surface area contributed by atoms with E-state index >= 15 is 0 Å². The number of anilines is 1. The van der Waals surface area contributed by atoms with Crippen LogP contribution >= 0.6 is 11.3 Å². The summed E-state index contributed by atoms with van der Waals surface area (Å²) in [6.07, 6.45) is 2.93. The van der Waals surface area contributed by atoms with Gasteiger partial charge in [-0.05, 0) is 24.5 Å². The number of nitrogens with zero attached hydrogens (tertiary/aromatic N) is 3. The number of aromatic nitrogens is 1. The molecule has 0 aromatic carbocycles. The van der Waals surface area contributed by atoms with Gasteiger partial charge in [0, 0.05) is 24.4 Å². The van der Waals surface area contributed by atoms with Gasteiger partial charge in [-0.3, -0.25) is 4.79 Å². The lowest BCUT2D eigenvalue weighted by molar-refractivity contribution is -0.120. The number of hydrazone groups is 1. The lowest BCUT2D eigenvalue weighted by atomic mass is 10.3. The fourth-order valence-corrected chi connectivity index (χ4v) is 3.88. The molecule has 2 aromatic heterocycles. The van der Waals surface area contributed by atoms with E-state index in [4.69, 9.17) is 9.15 Å². The van der Waals surface area contributed by atoms with E-state index in [1.807, 2.05) is 17.5 Å². The van der Waals surface area contributed by atoms with Crippen LogP contribution in [0.4, 0.5) is 5.13 Å². The quantitative estimate of drug-likeness (QED) is 0.620. The van der Waals surface area contributed by atoms with E-state index in [-0.39, 0.29) is 12.3 Å². The molecule has 4 rings (SSSR count). The van der Waals surface area contributed by atoms with Crippen LogP contribution in [0.3, 0.4) is 0 Å². The average Bonchev–Trinajstić information content (AvgIpc) is 3.03. The van der Waals surface area contributed by atoms with Crippen molar-refractivity contribution < 1.29 is 13.9 Å². The van der Waals surface area contributed by atoms with Crippen LogP contribution in [0.1, 0.15) is 36.5 Å². The molecule has 1 aliphatic carbocycles. The summed E-state index contributed by atoms with van der Waals surface area (Å²) in [5.74, 6) is 2.71. The van der Waals surface area contributed by atoms with Crippen LogP contribution in [0, 0.1) is 5.92 Å². The molecule has 1 N–H and O–H groups in total. The summed E-state index contributed by atoms with van der Waals surface area (Å²) >= 11 is 1.56. The lowest BCUT2D eigenvalue weighted by Gasteiger charge is -2.26. The van der Waals surface area contributed by atoms with Crippen LogP contribution < -0.4 is 10.3 Å². The van der Waals surface area contributed by atoms with Crippen LogP contribution in [0.5, 0.6) is 0 Å². The Labute approximate surface area is 156 Å². The molecule has 3 heterocycles. The molecule has 0 radical (unpaired) electrons. The standard InChI is InChI=1S/C18H22N4O3S/c1-12-8-15(12)16-3-2-14(25-16)10-19-21-17(23)9-13-11-26-18(20-13)22-4-6-24-7-5-22/h2-3,10-12,15H,4-9H2,1H3,(H,21,23)/b19-10-/t12-,15-/m0/s1. The number of nitrogens with one attached hydrogen (secondary N) is 1. The second-order valence-corrected chi connectivity index (χ2v) is 7.59. The maximum Gasteiger partial charge on any atom is 0.246 e. The fourth-order valence-electron chi connectivity index (χ4n) is 3.00. The molecule has 1 saturated heterocycles. The van der Waals surface area contributed by atoms with Gasteiger partial charge in [0.1, 0.15) is 11.5 Å². The van der Waals surface area contributed by atoms with Crippen molar-refractivity contribution in [1.29, 1.82) is 0 Å². The topological polar surface area (TPSA) is 80.0 Å². The Morgan fingerprint density at radius 2 is 2.27 bits per heavy atom. The first-order valence-corrected chi connectivity index (χ1v) is 9.76. The first-order valence-electron chi connectivity index (χ1n) is 8.88. The highest BCUT2D eigenvalue weighted by Gasteiger charge is 2.36. The van der Waals surface area contributed by atoms with E-state index in [1.54, 1.807) is 11.3 Å². The molecule has 2 aromatic rings. The minimum atomic E-state index is -0.192. The highest BCUT2D eigenvalue weighted by molar-refractivity contribution is 7.13. The van der Waals surface area contributed by atoms with E-state index in [0.717, 1.165) is 42.9 Å². The third-order valence-electron chi connectivity index (χ3n) is 4.67. The second-order valence-electron chi connectivity index (χ2n) is 6.75.